The molecule has 0 saturated carbocycles. The van der Waals surface area contributed by atoms with Gasteiger partial charge in [-0.3, -0.25) is 9.69 Å². The molecule has 1 atom stereocenters. The molecule has 1 aliphatic rings. The minimum atomic E-state index is -0.571. The number of nitrogens with zero attached hydrogens (tertiary/aromatic N) is 1. The van der Waals surface area contributed by atoms with Gasteiger partial charge in [-0.1, -0.05) is 48.5 Å². The van der Waals surface area contributed by atoms with E-state index in [2.05, 4.69) is 22.4 Å². The van der Waals surface area contributed by atoms with E-state index in [0.717, 1.165) is 27.6 Å². The highest BCUT2D eigenvalue weighted by Gasteiger charge is 2.35. The number of carbonyl (C=O) groups is 2. The molecule has 2 heterocycles. The van der Waals surface area contributed by atoms with Crippen LogP contribution < -0.4 is 5.32 Å². The average molecular weight is 458 g/mol. The van der Waals surface area contributed by atoms with Gasteiger partial charge in [0.1, 0.15) is 12.6 Å². The lowest BCUT2D eigenvalue weighted by molar-refractivity contribution is -0.119. The number of ether oxygens (including phenoxy) is 1. The molecule has 1 aliphatic heterocycles. The van der Waals surface area contributed by atoms with Gasteiger partial charge >= 0.3 is 6.09 Å². The van der Waals surface area contributed by atoms with E-state index in [-0.39, 0.29) is 12.5 Å². The summed E-state index contributed by atoms with van der Waals surface area (Å²) >= 11 is 1.54. The lowest BCUT2D eigenvalue weighted by atomic mass is 10.0. The Morgan fingerprint density at radius 1 is 1.00 bits per heavy atom. The van der Waals surface area contributed by atoms with E-state index in [0.29, 0.717) is 17.3 Å². The number of aromatic amines is 1. The summed E-state index contributed by atoms with van der Waals surface area (Å²) < 4.78 is 5.44. The molecule has 2 N–H and O–H groups in total. The summed E-state index contributed by atoms with van der Waals surface area (Å²) in [5.41, 5.74) is 4.77. The van der Waals surface area contributed by atoms with Crippen molar-refractivity contribution >= 4 is 40.4 Å². The van der Waals surface area contributed by atoms with Crippen LogP contribution in [0.5, 0.6) is 0 Å². The Hall–Kier alpha value is -3.71. The van der Waals surface area contributed by atoms with Crippen molar-refractivity contribution in [2.24, 2.45) is 0 Å². The Balaban J connectivity index is 1.25. The molecule has 5 rings (SSSR count). The van der Waals surface area contributed by atoms with E-state index in [4.69, 9.17) is 4.74 Å². The van der Waals surface area contributed by atoms with E-state index in [1.54, 1.807) is 11.8 Å². The normalized spacial score (nSPS) is 15.5. The Bertz CT molecular complexity index is 1290. The van der Waals surface area contributed by atoms with E-state index >= 15 is 0 Å². The number of thioether (sulfide) groups is 1. The van der Waals surface area contributed by atoms with Crippen molar-refractivity contribution in [3.8, 4) is 11.1 Å². The van der Waals surface area contributed by atoms with Crippen LogP contribution in [0.4, 0.5) is 10.5 Å². The first kappa shape index (κ1) is 21.2. The van der Waals surface area contributed by atoms with Crippen molar-refractivity contribution in [3.05, 3.63) is 90.6 Å². The standard InChI is InChI=1S/C26H23N3O3S/c30-25(24-16-33-17-29(24)26(31)32-15-18-5-2-1-3-6-18)28-22-8-4-7-19(14-22)20-9-10-23-21(13-20)11-12-27-23/h1-14,24,27H,15-17H2,(H,28,30). The van der Waals surface area contributed by atoms with Crippen molar-refractivity contribution in [3.63, 3.8) is 0 Å². The quantitative estimate of drug-likeness (QED) is 0.416. The highest BCUT2D eigenvalue weighted by atomic mass is 32.2. The van der Waals surface area contributed by atoms with E-state index in [1.807, 2.05) is 72.9 Å². The van der Waals surface area contributed by atoms with Crippen LogP contribution >= 0.6 is 11.8 Å². The maximum atomic E-state index is 13.0. The zero-order valence-electron chi connectivity index (χ0n) is 17.9. The van der Waals surface area contributed by atoms with Crippen molar-refractivity contribution in [2.45, 2.75) is 12.6 Å². The second-order valence-electron chi connectivity index (χ2n) is 7.88. The van der Waals surface area contributed by atoms with Crippen LogP contribution in [0, 0.1) is 0 Å². The van der Waals surface area contributed by atoms with Crippen LogP contribution in [0.25, 0.3) is 22.0 Å². The van der Waals surface area contributed by atoms with Gasteiger partial charge in [0.05, 0.1) is 5.88 Å². The van der Waals surface area contributed by atoms with Gasteiger partial charge in [0.25, 0.3) is 0 Å². The molecule has 0 spiro atoms. The molecule has 4 aromatic rings. The molecular formula is C26H23N3O3S. The summed E-state index contributed by atoms with van der Waals surface area (Å²) in [7, 11) is 0. The topological polar surface area (TPSA) is 74.4 Å². The zero-order chi connectivity index (χ0) is 22.6. The maximum absolute atomic E-state index is 13.0. The molecule has 1 unspecified atom stereocenters. The molecule has 6 nitrogen and oxygen atoms in total. The molecule has 1 saturated heterocycles. The summed E-state index contributed by atoms with van der Waals surface area (Å²) in [6.45, 7) is 0.183. The number of nitrogens with one attached hydrogen (secondary N) is 2. The highest BCUT2D eigenvalue weighted by Crippen LogP contribution is 2.27. The minimum Gasteiger partial charge on any atom is -0.445 e. The Morgan fingerprint density at radius 2 is 1.85 bits per heavy atom. The second kappa shape index (κ2) is 9.42. The fraction of sp³-hybridized carbons (Fsp3) is 0.154. The number of fused-ring (bicyclic) bond motifs is 1. The summed E-state index contributed by atoms with van der Waals surface area (Å²) in [5.74, 6) is 0.758. The number of rotatable bonds is 5. The van der Waals surface area contributed by atoms with Gasteiger partial charge < -0.3 is 15.0 Å². The van der Waals surface area contributed by atoms with Crippen LogP contribution in [0.2, 0.25) is 0 Å². The highest BCUT2D eigenvalue weighted by molar-refractivity contribution is 7.99. The molecular weight excluding hydrogens is 434 g/mol. The first-order chi connectivity index (χ1) is 16.2. The summed E-state index contributed by atoms with van der Waals surface area (Å²) in [5, 5.41) is 4.11. The van der Waals surface area contributed by atoms with Gasteiger partial charge in [0.15, 0.2) is 0 Å². The van der Waals surface area contributed by atoms with Crippen LogP contribution in [-0.2, 0) is 16.1 Å². The summed E-state index contributed by atoms with van der Waals surface area (Å²) in [4.78, 5) is 30.3. The fourth-order valence-corrected chi connectivity index (χ4v) is 5.02. The number of carbonyl (C=O) groups excluding carboxylic acids is 2. The molecule has 1 aromatic heterocycles. The first-order valence-electron chi connectivity index (χ1n) is 10.7. The number of amides is 2. The number of H-pyrrole nitrogens is 1. The molecule has 7 heteroatoms. The van der Waals surface area contributed by atoms with Crippen LogP contribution in [0.3, 0.4) is 0 Å². The van der Waals surface area contributed by atoms with Gasteiger partial charge in [-0.25, -0.2) is 4.79 Å². The SMILES string of the molecule is O=C(Nc1cccc(-c2ccc3[nH]ccc3c2)c1)C1CSCN1C(=O)OCc1ccccc1. The number of hydrogen-bond acceptors (Lipinski definition) is 4. The van der Waals surface area contributed by atoms with Crippen molar-refractivity contribution in [1.29, 1.82) is 0 Å². The monoisotopic (exact) mass is 457 g/mol. The minimum absolute atomic E-state index is 0.183. The Morgan fingerprint density at radius 3 is 2.73 bits per heavy atom. The zero-order valence-corrected chi connectivity index (χ0v) is 18.7. The molecule has 2 amide bonds. The lowest BCUT2D eigenvalue weighted by Gasteiger charge is -2.22. The predicted octanol–water partition coefficient (Wildman–Crippen LogP) is 5.49. The fourth-order valence-electron chi connectivity index (χ4n) is 3.88. The van der Waals surface area contributed by atoms with Gasteiger partial charge in [-0.2, -0.15) is 0 Å². The van der Waals surface area contributed by atoms with Gasteiger partial charge in [-0.05, 0) is 52.4 Å². The number of aromatic nitrogens is 1. The van der Waals surface area contributed by atoms with Gasteiger partial charge in [-0.15, -0.1) is 11.8 Å². The molecule has 3 aromatic carbocycles. The van der Waals surface area contributed by atoms with E-state index in [9.17, 15) is 9.59 Å². The van der Waals surface area contributed by atoms with E-state index < -0.39 is 12.1 Å². The van der Waals surface area contributed by atoms with Crippen molar-refractivity contribution in [1.82, 2.24) is 9.88 Å². The van der Waals surface area contributed by atoms with E-state index in [1.165, 1.54) is 4.90 Å². The maximum Gasteiger partial charge on any atom is 0.411 e. The number of hydrogen-bond donors (Lipinski definition) is 2. The van der Waals surface area contributed by atoms with Crippen LogP contribution in [0.15, 0.2) is 85.1 Å². The smallest absolute Gasteiger partial charge is 0.411 e. The van der Waals surface area contributed by atoms with Crippen LogP contribution in [-0.4, -0.2) is 39.6 Å². The molecule has 1 fully saturated rings. The first-order valence-corrected chi connectivity index (χ1v) is 11.9. The average Bonchev–Trinajstić information content (AvgIpc) is 3.53. The molecule has 0 bridgehead atoms. The van der Waals surface area contributed by atoms with Gasteiger partial charge in [0.2, 0.25) is 5.91 Å². The largest absolute Gasteiger partial charge is 0.445 e. The lowest BCUT2D eigenvalue weighted by Crippen LogP contribution is -2.44. The predicted molar refractivity (Wildman–Crippen MR) is 132 cm³/mol. The second-order valence-corrected chi connectivity index (χ2v) is 8.88. The summed E-state index contributed by atoms with van der Waals surface area (Å²) in [6, 6.07) is 24.9. The van der Waals surface area contributed by atoms with Gasteiger partial charge in [0, 0.05) is 23.2 Å². The Kier molecular flexibility index (Phi) is 6.04. The third-order valence-corrected chi connectivity index (χ3v) is 6.65. The van der Waals surface area contributed by atoms with Crippen LogP contribution in [0.1, 0.15) is 5.56 Å². The molecule has 0 aliphatic carbocycles. The molecule has 0 radical (unpaired) electrons. The number of anilines is 1. The third kappa shape index (κ3) is 4.73. The van der Waals surface area contributed by atoms with Crippen molar-refractivity contribution < 1.29 is 14.3 Å². The summed E-state index contributed by atoms with van der Waals surface area (Å²) in [6.07, 6.45) is 1.44. The Labute approximate surface area is 195 Å². The molecule has 166 valence electrons. The molecule has 33 heavy (non-hydrogen) atoms. The van der Waals surface area contributed by atoms with Crippen molar-refractivity contribution in [2.75, 3.05) is 16.9 Å². The third-order valence-electron chi connectivity index (χ3n) is 5.64. The number of benzene rings is 3.